The molecular formula is C12H11NO. The van der Waals surface area contributed by atoms with Crippen molar-refractivity contribution in [3.05, 3.63) is 48.8 Å². The first-order valence-electron chi connectivity index (χ1n) is 4.55. The largest absolute Gasteiger partial charge is 0.347 e. The zero-order chi connectivity index (χ0) is 9.80. The quantitative estimate of drug-likeness (QED) is 0.673. The van der Waals surface area contributed by atoms with E-state index in [0.29, 0.717) is 6.54 Å². The smallest absolute Gasteiger partial charge is 0.139 e. The fourth-order valence-electron chi connectivity index (χ4n) is 1.44. The van der Waals surface area contributed by atoms with E-state index in [9.17, 15) is 4.79 Å². The van der Waals surface area contributed by atoms with Crippen molar-refractivity contribution in [3.8, 4) is 11.1 Å². The maximum Gasteiger partial charge on any atom is 0.139 e. The number of hydrogen-bond donors (Lipinski definition) is 0. The van der Waals surface area contributed by atoms with Crippen molar-refractivity contribution < 1.29 is 4.79 Å². The molecule has 0 aliphatic heterocycles. The molecule has 1 heterocycles. The molecule has 0 aliphatic carbocycles. The number of nitrogens with zero attached hydrogens (tertiary/aromatic N) is 1. The van der Waals surface area contributed by atoms with E-state index in [4.69, 9.17) is 0 Å². The summed E-state index contributed by atoms with van der Waals surface area (Å²) in [5.41, 5.74) is 2.32. The predicted octanol–water partition coefficient (Wildman–Crippen LogP) is 2.35. The van der Waals surface area contributed by atoms with Crippen LogP contribution in [0.15, 0.2) is 48.8 Å². The van der Waals surface area contributed by atoms with E-state index in [-0.39, 0.29) is 0 Å². The monoisotopic (exact) mass is 185 g/mol. The van der Waals surface area contributed by atoms with Gasteiger partial charge in [0.2, 0.25) is 0 Å². The highest BCUT2D eigenvalue weighted by molar-refractivity contribution is 5.63. The molecule has 0 saturated carbocycles. The summed E-state index contributed by atoms with van der Waals surface area (Å²) in [6, 6.07) is 12.1. The lowest BCUT2D eigenvalue weighted by Crippen LogP contribution is -1.93. The Bertz CT molecular complexity index is 417. The van der Waals surface area contributed by atoms with Gasteiger partial charge in [0.1, 0.15) is 6.29 Å². The number of carbonyl (C=O) groups is 1. The van der Waals surface area contributed by atoms with Crippen LogP contribution < -0.4 is 0 Å². The Hall–Kier alpha value is -1.83. The van der Waals surface area contributed by atoms with Crippen LogP contribution in [0.3, 0.4) is 0 Å². The standard InChI is InChI=1S/C12H11NO/c14-9-8-13-7-6-12(10-13)11-4-2-1-3-5-11/h1-7,9-10H,8H2. The Kier molecular flexibility index (Phi) is 2.45. The highest BCUT2D eigenvalue weighted by atomic mass is 16.1. The molecule has 0 aliphatic rings. The van der Waals surface area contributed by atoms with Crippen molar-refractivity contribution in [3.63, 3.8) is 0 Å². The fraction of sp³-hybridized carbons (Fsp3) is 0.0833. The second kappa shape index (κ2) is 3.92. The molecule has 0 spiro atoms. The zero-order valence-corrected chi connectivity index (χ0v) is 7.76. The van der Waals surface area contributed by atoms with Gasteiger partial charge >= 0.3 is 0 Å². The number of hydrogen-bond acceptors (Lipinski definition) is 1. The van der Waals surface area contributed by atoms with Crippen LogP contribution in [0.5, 0.6) is 0 Å². The molecule has 70 valence electrons. The summed E-state index contributed by atoms with van der Waals surface area (Å²) in [7, 11) is 0. The molecule has 2 rings (SSSR count). The van der Waals surface area contributed by atoms with E-state index >= 15 is 0 Å². The Morgan fingerprint density at radius 1 is 1.07 bits per heavy atom. The average Bonchev–Trinajstić information content (AvgIpc) is 2.68. The molecule has 2 aromatic rings. The predicted molar refractivity (Wildman–Crippen MR) is 55.9 cm³/mol. The van der Waals surface area contributed by atoms with Gasteiger partial charge in [0.15, 0.2) is 0 Å². The van der Waals surface area contributed by atoms with Crippen LogP contribution in [0.25, 0.3) is 11.1 Å². The summed E-state index contributed by atoms with van der Waals surface area (Å²) in [6.07, 6.45) is 4.79. The molecule has 14 heavy (non-hydrogen) atoms. The third-order valence-electron chi connectivity index (χ3n) is 2.14. The normalized spacial score (nSPS) is 10.0. The van der Waals surface area contributed by atoms with Crippen molar-refractivity contribution >= 4 is 6.29 Å². The maximum atomic E-state index is 10.3. The lowest BCUT2D eigenvalue weighted by atomic mass is 10.1. The van der Waals surface area contributed by atoms with Crippen LogP contribution in [0.2, 0.25) is 0 Å². The molecular weight excluding hydrogens is 174 g/mol. The summed E-state index contributed by atoms with van der Waals surface area (Å²) in [5.74, 6) is 0. The molecule has 2 nitrogen and oxygen atoms in total. The second-order valence-electron chi connectivity index (χ2n) is 3.13. The topological polar surface area (TPSA) is 22.0 Å². The van der Waals surface area contributed by atoms with Crippen LogP contribution in [0.4, 0.5) is 0 Å². The highest BCUT2D eigenvalue weighted by Crippen LogP contribution is 2.18. The molecule has 2 heteroatoms. The molecule has 0 amide bonds. The van der Waals surface area contributed by atoms with Gasteiger partial charge in [-0.3, -0.25) is 0 Å². The molecule has 0 saturated heterocycles. The summed E-state index contributed by atoms with van der Waals surface area (Å²) >= 11 is 0. The minimum absolute atomic E-state index is 0.423. The van der Waals surface area contributed by atoms with Crippen LogP contribution in [0.1, 0.15) is 0 Å². The SMILES string of the molecule is O=CCn1ccc(-c2ccccc2)c1. The van der Waals surface area contributed by atoms with Gasteiger partial charge in [-0.2, -0.15) is 0 Å². The minimum Gasteiger partial charge on any atom is -0.347 e. The second-order valence-corrected chi connectivity index (χ2v) is 3.13. The van der Waals surface area contributed by atoms with E-state index in [0.717, 1.165) is 11.8 Å². The number of rotatable bonds is 3. The molecule has 0 N–H and O–H groups in total. The van der Waals surface area contributed by atoms with E-state index in [1.54, 1.807) is 0 Å². The van der Waals surface area contributed by atoms with Crippen molar-refractivity contribution in [2.24, 2.45) is 0 Å². The van der Waals surface area contributed by atoms with Gasteiger partial charge in [0, 0.05) is 12.4 Å². The average molecular weight is 185 g/mol. The Morgan fingerprint density at radius 2 is 1.86 bits per heavy atom. The van der Waals surface area contributed by atoms with E-state index in [2.05, 4.69) is 12.1 Å². The summed E-state index contributed by atoms with van der Waals surface area (Å²) in [6.45, 7) is 0.423. The summed E-state index contributed by atoms with van der Waals surface area (Å²) < 4.78 is 1.87. The van der Waals surface area contributed by atoms with Crippen molar-refractivity contribution in [1.82, 2.24) is 4.57 Å². The Morgan fingerprint density at radius 3 is 2.57 bits per heavy atom. The Balaban J connectivity index is 2.29. The van der Waals surface area contributed by atoms with Crippen LogP contribution in [-0.4, -0.2) is 10.9 Å². The number of aromatic nitrogens is 1. The third kappa shape index (κ3) is 1.74. The van der Waals surface area contributed by atoms with E-state index in [1.807, 2.05) is 41.2 Å². The first-order chi connectivity index (χ1) is 6.90. The Labute approximate surface area is 82.8 Å². The number of carbonyl (C=O) groups excluding carboxylic acids is 1. The minimum atomic E-state index is 0.423. The van der Waals surface area contributed by atoms with Crippen LogP contribution in [-0.2, 0) is 11.3 Å². The van der Waals surface area contributed by atoms with E-state index < -0.39 is 0 Å². The molecule has 0 bridgehead atoms. The molecule has 1 aromatic carbocycles. The van der Waals surface area contributed by atoms with Crippen molar-refractivity contribution in [2.75, 3.05) is 0 Å². The number of benzene rings is 1. The fourth-order valence-corrected chi connectivity index (χ4v) is 1.44. The van der Waals surface area contributed by atoms with Gasteiger partial charge in [-0.25, -0.2) is 0 Å². The maximum absolute atomic E-state index is 10.3. The van der Waals surface area contributed by atoms with Gasteiger partial charge in [-0.05, 0) is 17.2 Å². The zero-order valence-electron chi connectivity index (χ0n) is 7.76. The van der Waals surface area contributed by atoms with Gasteiger partial charge in [0.05, 0.1) is 6.54 Å². The third-order valence-corrected chi connectivity index (χ3v) is 2.14. The molecule has 0 fully saturated rings. The molecule has 0 unspecified atom stereocenters. The highest BCUT2D eigenvalue weighted by Gasteiger charge is 1.98. The van der Waals surface area contributed by atoms with Gasteiger partial charge < -0.3 is 9.36 Å². The first kappa shape index (κ1) is 8.75. The van der Waals surface area contributed by atoms with Crippen LogP contribution in [0, 0.1) is 0 Å². The van der Waals surface area contributed by atoms with E-state index in [1.165, 1.54) is 5.56 Å². The lowest BCUT2D eigenvalue weighted by molar-refractivity contribution is -0.108. The summed E-state index contributed by atoms with van der Waals surface area (Å²) in [4.78, 5) is 10.3. The van der Waals surface area contributed by atoms with Gasteiger partial charge in [-0.15, -0.1) is 0 Å². The van der Waals surface area contributed by atoms with Gasteiger partial charge in [0.25, 0.3) is 0 Å². The van der Waals surface area contributed by atoms with Gasteiger partial charge in [-0.1, -0.05) is 30.3 Å². The lowest BCUT2D eigenvalue weighted by Gasteiger charge is -1.96. The molecule has 0 radical (unpaired) electrons. The first-order valence-corrected chi connectivity index (χ1v) is 4.55. The molecule has 1 aromatic heterocycles. The number of aldehydes is 1. The van der Waals surface area contributed by atoms with Crippen molar-refractivity contribution in [1.29, 1.82) is 0 Å². The summed E-state index contributed by atoms with van der Waals surface area (Å²) in [5, 5.41) is 0. The van der Waals surface area contributed by atoms with Crippen LogP contribution >= 0.6 is 0 Å². The van der Waals surface area contributed by atoms with Crippen molar-refractivity contribution in [2.45, 2.75) is 6.54 Å². The molecule has 0 atom stereocenters.